The van der Waals surface area contributed by atoms with Crippen LogP contribution in [0.1, 0.15) is 62.5 Å². The molecule has 5 aromatic rings. The summed E-state index contributed by atoms with van der Waals surface area (Å²) in [5.41, 5.74) is 2.61. The standard InChI is InChI=1S/C32H28P2S.2C8H12.CH2Cl2.ClHO4.2Rh/c35-32-26(24-33(28-16-5-1-6-17-28)29-18-7-2-8-19-29)14-13-15-27(32)25-34(30-20-9-3-10-21-30)31-22-11-4-12-23-31;2*1-2-4-6-8-7-5-3-1;2-1-3;2-1(3,4)5;;/h1-23,35H,24-25H2;2*1-2,7-8H,3-6H2;1H2;(H,2,3,4,5);;/b;2*2-1-,8-7-;;;;. The Morgan fingerprint density at radius 3 is 0.787 bits per heavy atom. The van der Waals surface area contributed by atoms with Gasteiger partial charge in [-0.15, -0.1) is 33.4 Å². The van der Waals surface area contributed by atoms with Crippen LogP contribution in [-0.4, -0.2) is 5.34 Å². The maximum Gasteiger partial charge on any atom is 0.0970 e. The van der Waals surface area contributed by atoms with Gasteiger partial charge in [-0.1, -0.05) is 140 Å². The van der Waals surface area contributed by atoms with Gasteiger partial charge in [-0.05, 0) is 111 Å². The predicted octanol–water partition coefficient (Wildman–Crippen LogP) is 8.33. The fourth-order valence-corrected chi connectivity index (χ4v) is 12.1. The van der Waals surface area contributed by atoms with Crippen LogP contribution in [0, 0.1) is 10.2 Å². The van der Waals surface area contributed by atoms with Crippen LogP contribution in [-0.2, 0) is 63.9 Å². The molecular formula is C49H55Cl3O4P2Rh2S. The molecule has 330 valence electrons. The van der Waals surface area contributed by atoms with Crippen LogP contribution in [0.15, 0.2) is 193 Å². The fourth-order valence-electron chi connectivity index (χ4n) is 6.31. The summed E-state index contributed by atoms with van der Waals surface area (Å²) in [4.78, 5) is 1.05. The Morgan fingerprint density at radius 2 is 0.590 bits per heavy atom. The molecule has 61 heavy (non-hydrogen) atoms. The Kier molecular flexibility index (Phi) is 33.2. The van der Waals surface area contributed by atoms with Crippen molar-refractivity contribution in [3.05, 3.63) is 199 Å². The van der Waals surface area contributed by atoms with E-state index >= 15 is 0 Å². The van der Waals surface area contributed by atoms with Crippen molar-refractivity contribution in [1.82, 2.24) is 0 Å². The largest absolute Gasteiger partial charge is 0.779 e. The average Bonchev–Trinajstić information content (AvgIpc) is 3.21. The van der Waals surface area contributed by atoms with E-state index in [1.54, 1.807) is 0 Å². The van der Waals surface area contributed by atoms with Crippen molar-refractivity contribution in [1.29, 1.82) is 0 Å². The van der Waals surface area contributed by atoms with Crippen molar-refractivity contribution in [3.8, 4) is 0 Å². The molecule has 2 radical (unpaired) electrons. The summed E-state index contributed by atoms with van der Waals surface area (Å²) in [6, 6.07) is 50.6. The Morgan fingerprint density at radius 1 is 0.393 bits per heavy atom. The van der Waals surface area contributed by atoms with Gasteiger partial charge in [0.1, 0.15) is 0 Å². The summed E-state index contributed by atoms with van der Waals surface area (Å²) < 4.78 is 34.0. The zero-order chi connectivity index (χ0) is 42.4. The second-order valence-electron chi connectivity index (χ2n) is 13.4. The molecule has 0 spiro atoms. The minimum atomic E-state index is -4.94. The summed E-state index contributed by atoms with van der Waals surface area (Å²) in [5.74, 6) is 0. The van der Waals surface area contributed by atoms with E-state index in [1.165, 1.54) is 83.7 Å². The molecule has 0 N–H and O–H groups in total. The minimum Gasteiger partial charge on any atom is -0.779 e. The molecule has 0 saturated carbocycles. The number of rotatable bonds is 8. The van der Waals surface area contributed by atoms with Gasteiger partial charge in [-0.2, -0.15) is 4.90 Å². The van der Waals surface area contributed by atoms with Crippen LogP contribution in [0.25, 0.3) is 0 Å². The van der Waals surface area contributed by atoms with Crippen molar-refractivity contribution in [2.24, 2.45) is 0 Å². The molecule has 0 heterocycles. The zero-order valence-electron chi connectivity index (χ0n) is 34.0. The maximum absolute atomic E-state index is 8.49. The monoisotopic (exact) mass is 1110 g/mol. The van der Waals surface area contributed by atoms with Crippen LogP contribution < -0.4 is 39.9 Å². The second kappa shape index (κ2) is 35.4. The molecule has 0 unspecified atom stereocenters. The molecule has 0 bridgehead atoms. The Balaban J connectivity index is 0.000000582. The van der Waals surface area contributed by atoms with Crippen molar-refractivity contribution in [3.63, 3.8) is 0 Å². The third-order valence-corrected chi connectivity index (χ3v) is 15.2. The third kappa shape index (κ3) is 25.9. The molecule has 2 aliphatic carbocycles. The molecule has 0 atom stereocenters. The summed E-state index contributed by atoms with van der Waals surface area (Å²) in [5, 5.41) is 5.92. The predicted molar refractivity (Wildman–Crippen MR) is 250 cm³/mol. The topological polar surface area (TPSA) is 92.2 Å². The summed E-state index contributed by atoms with van der Waals surface area (Å²) >= 11 is 15.7. The number of hydrogen-bond acceptors (Lipinski definition) is 5. The molecule has 0 amide bonds. The first kappa shape index (κ1) is 57.1. The van der Waals surface area contributed by atoms with E-state index in [2.05, 4.69) is 188 Å². The van der Waals surface area contributed by atoms with Crippen molar-refractivity contribution in [2.75, 3.05) is 5.34 Å². The van der Waals surface area contributed by atoms with Gasteiger partial charge in [0.05, 0.1) is 54.7 Å². The minimum absolute atomic E-state index is 0. The van der Waals surface area contributed by atoms with E-state index in [0.29, 0.717) is 0 Å². The first-order valence-corrected chi connectivity index (χ1v) is 25.9. The molecule has 12 heteroatoms. The molecule has 7 rings (SSSR count). The zero-order valence-corrected chi connectivity index (χ0v) is 42.4. The van der Waals surface area contributed by atoms with Crippen molar-refractivity contribution < 1.29 is 67.8 Å². The van der Waals surface area contributed by atoms with E-state index in [-0.39, 0.29) is 44.3 Å². The Hall–Kier alpha value is -1.90. The molecule has 5 aromatic carbocycles. The molecule has 4 nitrogen and oxygen atoms in total. The Labute approximate surface area is 410 Å². The maximum atomic E-state index is 8.49. The van der Waals surface area contributed by atoms with Crippen molar-refractivity contribution >= 4 is 72.9 Å². The number of halogens is 3. The van der Waals surface area contributed by atoms with Gasteiger partial charge in [0.15, 0.2) is 0 Å². The Bertz CT molecular complexity index is 1690. The quantitative estimate of drug-likeness (QED) is 0.0513. The van der Waals surface area contributed by atoms with Crippen LogP contribution in [0.3, 0.4) is 0 Å². The molecule has 0 fully saturated rings. The number of allylic oxidation sites excluding steroid dienone is 8. The molecule has 0 saturated heterocycles. The van der Waals surface area contributed by atoms with Crippen molar-refractivity contribution in [2.45, 2.75) is 68.6 Å². The van der Waals surface area contributed by atoms with E-state index < -0.39 is 26.1 Å². The third-order valence-electron chi connectivity index (χ3n) is 9.07. The molecule has 0 aliphatic heterocycles. The van der Waals surface area contributed by atoms with E-state index in [0.717, 1.165) is 17.2 Å². The number of alkyl halides is 2. The van der Waals surface area contributed by atoms with Gasteiger partial charge in [-0.25, -0.2) is 18.6 Å². The smallest absolute Gasteiger partial charge is 0.0970 e. The average molecular weight is 1110 g/mol. The SMILES string of the molecule is C1=C\CC/C=C\CC/1.C1=C\CC/C=C\CC/1.ClCCl.[O-][Cl+3]([O-])([O-])[O-].[Rh].[Rh].[S-]c1c(C[PH+](c2ccccc2)c2ccccc2)cccc1C[PH+](c1ccccc1)c1ccccc1. The molecular weight excluding hydrogens is 1060 g/mol. The normalized spacial score (nSPS) is 15.0. The van der Waals surface area contributed by atoms with E-state index in [4.69, 9.17) is 54.5 Å². The van der Waals surface area contributed by atoms with Gasteiger partial charge in [0, 0.05) is 39.0 Å². The van der Waals surface area contributed by atoms with Gasteiger partial charge >= 0.3 is 0 Å². The number of hydrogen-bond donors (Lipinski definition) is 0. The molecule has 0 aromatic heterocycles. The number of benzene rings is 5. The van der Waals surface area contributed by atoms with Gasteiger partial charge in [0.25, 0.3) is 0 Å². The van der Waals surface area contributed by atoms with E-state index in [1.807, 2.05) is 0 Å². The first-order valence-electron chi connectivity index (χ1n) is 19.8. The van der Waals surface area contributed by atoms with Gasteiger partial charge in [-0.3, -0.25) is 0 Å². The molecule has 2 aliphatic rings. The van der Waals surface area contributed by atoms with Crippen LogP contribution >= 0.6 is 39.0 Å². The first-order chi connectivity index (χ1) is 28.7. The van der Waals surface area contributed by atoms with Crippen LogP contribution in [0.5, 0.6) is 0 Å². The van der Waals surface area contributed by atoms with E-state index in [9.17, 15) is 0 Å². The summed E-state index contributed by atoms with van der Waals surface area (Å²) in [7, 11) is -6.91. The van der Waals surface area contributed by atoms with Crippen LogP contribution in [0.2, 0.25) is 0 Å². The van der Waals surface area contributed by atoms with Gasteiger partial charge < -0.3 is 12.6 Å². The van der Waals surface area contributed by atoms with Crippen LogP contribution in [0.4, 0.5) is 0 Å². The fraction of sp³-hybridized carbons (Fsp3) is 0.224. The summed E-state index contributed by atoms with van der Waals surface area (Å²) in [6.07, 6.45) is 30.0. The second-order valence-corrected chi connectivity index (χ2v) is 20.3. The summed E-state index contributed by atoms with van der Waals surface area (Å²) in [6.45, 7) is 0. The van der Waals surface area contributed by atoms with Gasteiger partial charge in [0.2, 0.25) is 0 Å².